The number of nitrogens with zero attached hydrogens (tertiary/aromatic N) is 2. The SMILES string of the molecule is COc1ccc2c(c1)C(NC(=O)CN1CCN(c3ccccc3OC)CC1)CCC2. The number of para-hydroxylation sites is 2. The Morgan fingerprint density at radius 2 is 1.87 bits per heavy atom. The predicted molar refractivity (Wildman–Crippen MR) is 118 cm³/mol. The molecule has 0 bridgehead atoms. The van der Waals surface area contributed by atoms with Gasteiger partial charge >= 0.3 is 0 Å². The Morgan fingerprint density at radius 3 is 2.63 bits per heavy atom. The smallest absolute Gasteiger partial charge is 0.234 e. The van der Waals surface area contributed by atoms with Crippen molar-refractivity contribution in [3.63, 3.8) is 0 Å². The van der Waals surface area contributed by atoms with Crippen LogP contribution in [0.5, 0.6) is 11.5 Å². The highest BCUT2D eigenvalue weighted by atomic mass is 16.5. The van der Waals surface area contributed by atoms with Crippen LogP contribution in [0, 0.1) is 0 Å². The van der Waals surface area contributed by atoms with Crippen molar-refractivity contribution in [2.75, 3.05) is 51.8 Å². The number of amides is 1. The maximum Gasteiger partial charge on any atom is 0.234 e. The summed E-state index contributed by atoms with van der Waals surface area (Å²) in [5.74, 6) is 1.85. The number of methoxy groups -OCH3 is 2. The van der Waals surface area contributed by atoms with Gasteiger partial charge in [0.1, 0.15) is 11.5 Å². The number of aryl methyl sites for hydroxylation is 1. The van der Waals surface area contributed by atoms with E-state index < -0.39 is 0 Å². The van der Waals surface area contributed by atoms with Crippen molar-refractivity contribution < 1.29 is 14.3 Å². The number of rotatable bonds is 6. The molecule has 1 atom stereocenters. The molecule has 160 valence electrons. The Bertz CT molecular complexity index is 878. The lowest BCUT2D eigenvalue weighted by atomic mass is 9.87. The molecule has 0 radical (unpaired) electrons. The van der Waals surface area contributed by atoms with Gasteiger partial charge in [0.2, 0.25) is 5.91 Å². The van der Waals surface area contributed by atoms with E-state index >= 15 is 0 Å². The van der Waals surface area contributed by atoms with Gasteiger partial charge in [-0.1, -0.05) is 18.2 Å². The van der Waals surface area contributed by atoms with E-state index in [1.807, 2.05) is 24.3 Å². The van der Waals surface area contributed by atoms with Crippen molar-refractivity contribution in [2.45, 2.75) is 25.3 Å². The molecule has 1 aliphatic heterocycles. The van der Waals surface area contributed by atoms with Crippen LogP contribution in [-0.2, 0) is 11.2 Å². The fraction of sp³-hybridized carbons (Fsp3) is 0.458. The van der Waals surface area contributed by atoms with Gasteiger partial charge < -0.3 is 19.7 Å². The summed E-state index contributed by atoms with van der Waals surface area (Å²) in [7, 11) is 3.39. The zero-order valence-corrected chi connectivity index (χ0v) is 17.9. The van der Waals surface area contributed by atoms with Crippen molar-refractivity contribution in [2.24, 2.45) is 0 Å². The largest absolute Gasteiger partial charge is 0.497 e. The molecule has 4 rings (SSSR count). The summed E-state index contributed by atoms with van der Waals surface area (Å²) in [5, 5.41) is 3.27. The summed E-state index contributed by atoms with van der Waals surface area (Å²) in [5.41, 5.74) is 3.64. The lowest BCUT2D eigenvalue weighted by Gasteiger charge is -2.36. The molecule has 1 saturated heterocycles. The number of piperazine rings is 1. The molecule has 6 nitrogen and oxygen atoms in total. The minimum atomic E-state index is 0.0752. The standard InChI is InChI=1S/C24H31N3O3/c1-29-19-11-10-18-6-5-7-21(20(18)16-19)25-24(28)17-26-12-14-27(15-13-26)22-8-3-4-9-23(22)30-2/h3-4,8-11,16,21H,5-7,12-15,17H2,1-2H3,(H,25,28). The third-order valence-electron chi connectivity index (χ3n) is 6.17. The van der Waals surface area contributed by atoms with E-state index in [1.165, 1.54) is 11.1 Å². The number of hydrogen-bond donors (Lipinski definition) is 1. The first-order chi connectivity index (χ1) is 14.7. The van der Waals surface area contributed by atoms with Crippen LogP contribution < -0.4 is 19.7 Å². The summed E-state index contributed by atoms with van der Waals surface area (Å²) in [6, 6.07) is 14.4. The maximum absolute atomic E-state index is 12.8. The van der Waals surface area contributed by atoms with Crippen LogP contribution in [0.1, 0.15) is 30.0 Å². The molecule has 2 aromatic carbocycles. The van der Waals surface area contributed by atoms with Gasteiger partial charge in [0.25, 0.3) is 0 Å². The van der Waals surface area contributed by atoms with Crippen LogP contribution in [0.3, 0.4) is 0 Å². The van der Waals surface area contributed by atoms with Crippen molar-refractivity contribution >= 4 is 11.6 Å². The fourth-order valence-corrected chi connectivity index (χ4v) is 4.54. The number of ether oxygens (including phenoxy) is 2. The zero-order chi connectivity index (χ0) is 20.9. The first-order valence-corrected chi connectivity index (χ1v) is 10.7. The Hall–Kier alpha value is -2.73. The topological polar surface area (TPSA) is 54.0 Å². The van der Waals surface area contributed by atoms with Gasteiger partial charge in [-0.3, -0.25) is 9.69 Å². The monoisotopic (exact) mass is 409 g/mol. The second-order valence-corrected chi connectivity index (χ2v) is 8.01. The molecule has 2 aliphatic rings. The van der Waals surface area contributed by atoms with Gasteiger partial charge in [-0.05, 0) is 54.7 Å². The van der Waals surface area contributed by atoms with E-state index in [0.29, 0.717) is 6.54 Å². The summed E-state index contributed by atoms with van der Waals surface area (Å²) in [4.78, 5) is 17.3. The number of fused-ring (bicyclic) bond motifs is 1. The van der Waals surface area contributed by atoms with Gasteiger partial charge in [0.05, 0.1) is 32.5 Å². The second kappa shape index (κ2) is 9.39. The second-order valence-electron chi connectivity index (χ2n) is 8.01. The van der Waals surface area contributed by atoms with Crippen molar-refractivity contribution in [3.05, 3.63) is 53.6 Å². The quantitative estimate of drug-likeness (QED) is 0.795. The van der Waals surface area contributed by atoms with E-state index in [-0.39, 0.29) is 11.9 Å². The molecule has 1 fully saturated rings. The highest BCUT2D eigenvalue weighted by Gasteiger charge is 2.25. The number of carbonyl (C=O) groups excluding carboxylic acids is 1. The summed E-state index contributed by atoms with van der Waals surface area (Å²) in [6.45, 7) is 3.94. The molecule has 0 saturated carbocycles. The Kier molecular flexibility index (Phi) is 6.43. The van der Waals surface area contributed by atoms with E-state index in [2.05, 4.69) is 33.3 Å². The molecule has 2 aromatic rings. The van der Waals surface area contributed by atoms with E-state index in [0.717, 1.165) is 62.6 Å². The number of anilines is 1. The number of carbonyl (C=O) groups is 1. The number of benzene rings is 2. The molecule has 30 heavy (non-hydrogen) atoms. The number of hydrogen-bond acceptors (Lipinski definition) is 5. The van der Waals surface area contributed by atoms with Crippen molar-refractivity contribution in [3.8, 4) is 11.5 Å². The van der Waals surface area contributed by atoms with E-state index in [1.54, 1.807) is 14.2 Å². The zero-order valence-electron chi connectivity index (χ0n) is 17.9. The molecule has 1 aliphatic carbocycles. The minimum Gasteiger partial charge on any atom is -0.497 e. The molecule has 1 unspecified atom stereocenters. The van der Waals surface area contributed by atoms with Crippen LogP contribution in [0.2, 0.25) is 0 Å². The normalized spacial score (nSPS) is 19.1. The third-order valence-corrected chi connectivity index (χ3v) is 6.17. The van der Waals surface area contributed by atoms with Crippen LogP contribution >= 0.6 is 0 Å². The molecular weight excluding hydrogens is 378 g/mol. The Morgan fingerprint density at radius 1 is 1.07 bits per heavy atom. The summed E-state index contributed by atoms with van der Waals surface area (Å²) >= 11 is 0. The highest BCUT2D eigenvalue weighted by molar-refractivity contribution is 5.78. The molecule has 1 N–H and O–H groups in total. The summed E-state index contributed by atoms with van der Waals surface area (Å²) < 4.78 is 10.9. The molecule has 1 amide bonds. The average molecular weight is 410 g/mol. The number of nitrogens with one attached hydrogen (secondary N) is 1. The summed E-state index contributed by atoms with van der Waals surface area (Å²) in [6.07, 6.45) is 3.14. The lowest BCUT2D eigenvalue weighted by molar-refractivity contribution is -0.123. The van der Waals surface area contributed by atoms with Gasteiger partial charge in [0.15, 0.2) is 0 Å². The van der Waals surface area contributed by atoms with Crippen molar-refractivity contribution in [1.82, 2.24) is 10.2 Å². The van der Waals surface area contributed by atoms with Gasteiger partial charge in [-0.2, -0.15) is 0 Å². The Balaban J connectivity index is 1.32. The van der Waals surface area contributed by atoms with Crippen molar-refractivity contribution in [1.29, 1.82) is 0 Å². The fourth-order valence-electron chi connectivity index (χ4n) is 4.54. The van der Waals surface area contributed by atoms with Crippen LogP contribution in [0.15, 0.2) is 42.5 Å². The van der Waals surface area contributed by atoms with Crippen LogP contribution in [0.4, 0.5) is 5.69 Å². The first-order valence-electron chi connectivity index (χ1n) is 10.7. The molecule has 6 heteroatoms. The van der Waals surface area contributed by atoms with Gasteiger partial charge in [0, 0.05) is 26.2 Å². The van der Waals surface area contributed by atoms with Gasteiger partial charge in [-0.25, -0.2) is 0 Å². The molecule has 0 aromatic heterocycles. The molecule has 0 spiro atoms. The maximum atomic E-state index is 12.8. The lowest BCUT2D eigenvalue weighted by Crippen LogP contribution is -2.50. The third kappa shape index (κ3) is 4.54. The van der Waals surface area contributed by atoms with E-state index in [4.69, 9.17) is 9.47 Å². The minimum absolute atomic E-state index is 0.0752. The van der Waals surface area contributed by atoms with Crippen LogP contribution in [-0.4, -0.2) is 57.8 Å². The van der Waals surface area contributed by atoms with E-state index in [9.17, 15) is 4.79 Å². The van der Waals surface area contributed by atoms with Crippen LogP contribution in [0.25, 0.3) is 0 Å². The first kappa shape index (κ1) is 20.5. The average Bonchev–Trinajstić information content (AvgIpc) is 2.79. The Labute approximate surface area is 178 Å². The highest BCUT2D eigenvalue weighted by Crippen LogP contribution is 2.32. The predicted octanol–water partition coefficient (Wildman–Crippen LogP) is 3.02. The van der Waals surface area contributed by atoms with Gasteiger partial charge in [-0.15, -0.1) is 0 Å². The molecular formula is C24H31N3O3. The molecule has 1 heterocycles.